The molecule has 0 saturated heterocycles. The zero-order chi connectivity index (χ0) is 12.3. The summed E-state index contributed by atoms with van der Waals surface area (Å²) in [6.45, 7) is 0. The van der Waals surface area contributed by atoms with Crippen molar-refractivity contribution in [3.8, 4) is 0 Å². The summed E-state index contributed by atoms with van der Waals surface area (Å²) < 4.78 is 0. The van der Waals surface area contributed by atoms with Gasteiger partial charge in [-0.1, -0.05) is 0 Å². The molecule has 1 aliphatic carbocycles. The minimum atomic E-state index is -4.15. The van der Waals surface area contributed by atoms with Crippen LogP contribution in [-0.4, -0.2) is 75.2 Å². The van der Waals surface area contributed by atoms with E-state index in [9.17, 15) is 0 Å². The van der Waals surface area contributed by atoms with Gasteiger partial charge in [0.05, 0.1) is 0 Å². The Balaban J connectivity index is 3.30. The van der Waals surface area contributed by atoms with Gasteiger partial charge in [-0.25, -0.2) is 0 Å². The molecule has 9 nitrogen and oxygen atoms in total. The average Bonchev–Trinajstić information content (AvgIpc) is 2.00. The smallest absolute Gasteiger partial charge is 0.282 e. The summed E-state index contributed by atoms with van der Waals surface area (Å²) in [7, 11) is 0. The van der Waals surface area contributed by atoms with Gasteiger partial charge in [0, 0.05) is 6.42 Å². The highest BCUT2D eigenvalue weighted by molar-refractivity contribution is 5.09. The molecule has 0 aromatic carbocycles. The number of aliphatic hydroxyl groups is 9. The summed E-state index contributed by atoms with van der Waals surface area (Å²) in [5.41, 5.74) is 0. The monoisotopic (exact) mass is 228 g/mol. The highest BCUT2D eigenvalue weighted by Gasteiger charge is 2.76. The van der Waals surface area contributed by atoms with Crippen molar-refractivity contribution in [2.24, 2.45) is 0 Å². The second-order valence-corrected chi connectivity index (χ2v) is 3.61. The van der Waals surface area contributed by atoms with E-state index in [4.69, 9.17) is 46.0 Å². The minimum Gasteiger partial charge on any atom is -0.387 e. The number of rotatable bonds is 0. The molecule has 1 atom stereocenters. The molecule has 0 spiro atoms. The summed E-state index contributed by atoms with van der Waals surface area (Å²) in [5.74, 6) is -15.5. The maximum atomic E-state index is 9.01. The number of aliphatic hydroxyl groups excluding tert-OH is 1. The van der Waals surface area contributed by atoms with Crippen molar-refractivity contribution >= 4 is 0 Å². The van der Waals surface area contributed by atoms with E-state index < -0.39 is 35.7 Å². The summed E-state index contributed by atoms with van der Waals surface area (Å²) in [5, 5.41) is 81.0. The van der Waals surface area contributed by atoms with Crippen LogP contribution in [0.3, 0.4) is 0 Å². The first-order chi connectivity index (χ1) is 6.38. The standard InChI is InChI=1S/C6H12O9/c7-2-1-3(8,9)5(12,13)6(14,15)4(2,10)11/h2,7-15H,1H2. The van der Waals surface area contributed by atoms with Crippen LogP contribution in [0.1, 0.15) is 6.42 Å². The fraction of sp³-hybridized carbons (Fsp3) is 1.00. The molecular weight excluding hydrogens is 216 g/mol. The molecule has 15 heavy (non-hydrogen) atoms. The molecule has 0 aliphatic heterocycles. The van der Waals surface area contributed by atoms with Gasteiger partial charge in [-0.2, -0.15) is 0 Å². The summed E-state index contributed by atoms with van der Waals surface area (Å²) >= 11 is 0. The van der Waals surface area contributed by atoms with Crippen molar-refractivity contribution in [3.63, 3.8) is 0 Å². The molecule has 0 aromatic rings. The Morgan fingerprint density at radius 1 is 0.733 bits per heavy atom. The first-order valence-corrected chi connectivity index (χ1v) is 3.85. The normalized spacial score (nSPS) is 36.2. The molecule has 1 fully saturated rings. The molecule has 1 rings (SSSR count). The highest BCUT2D eigenvalue weighted by Crippen LogP contribution is 2.44. The van der Waals surface area contributed by atoms with Crippen molar-refractivity contribution in [1.82, 2.24) is 0 Å². The topological polar surface area (TPSA) is 182 Å². The predicted molar refractivity (Wildman–Crippen MR) is 39.3 cm³/mol. The number of hydrogen-bond acceptors (Lipinski definition) is 9. The van der Waals surface area contributed by atoms with Crippen LogP contribution >= 0.6 is 0 Å². The molecule has 1 unspecified atom stereocenters. The van der Waals surface area contributed by atoms with Crippen molar-refractivity contribution in [2.75, 3.05) is 0 Å². The van der Waals surface area contributed by atoms with E-state index in [1.165, 1.54) is 0 Å². The van der Waals surface area contributed by atoms with Gasteiger partial charge in [-0.15, -0.1) is 0 Å². The van der Waals surface area contributed by atoms with Gasteiger partial charge < -0.3 is 46.0 Å². The first-order valence-electron chi connectivity index (χ1n) is 3.85. The van der Waals surface area contributed by atoms with Crippen LogP contribution in [0.5, 0.6) is 0 Å². The summed E-state index contributed by atoms with van der Waals surface area (Å²) in [6, 6.07) is 0. The third-order valence-electron chi connectivity index (χ3n) is 2.50. The third kappa shape index (κ3) is 1.30. The fourth-order valence-electron chi connectivity index (χ4n) is 1.32. The molecule has 0 amide bonds. The van der Waals surface area contributed by atoms with Gasteiger partial charge in [0.25, 0.3) is 17.4 Å². The molecule has 0 bridgehead atoms. The highest BCUT2D eigenvalue weighted by atomic mass is 16.7. The third-order valence-corrected chi connectivity index (χ3v) is 2.50. The van der Waals surface area contributed by atoms with E-state index >= 15 is 0 Å². The Bertz CT molecular complexity index is 268. The van der Waals surface area contributed by atoms with Gasteiger partial charge in [-0.3, -0.25) is 0 Å². The molecule has 1 saturated carbocycles. The van der Waals surface area contributed by atoms with Crippen molar-refractivity contribution in [1.29, 1.82) is 0 Å². The van der Waals surface area contributed by atoms with E-state index in [1.807, 2.05) is 0 Å². The summed E-state index contributed by atoms with van der Waals surface area (Å²) in [6.07, 6.45) is -3.72. The second-order valence-electron chi connectivity index (χ2n) is 3.61. The zero-order valence-electron chi connectivity index (χ0n) is 7.31. The molecular formula is C6H12O9. The quantitative estimate of drug-likeness (QED) is 0.182. The van der Waals surface area contributed by atoms with Gasteiger partial charge in [-0.05, 0) is 0 Å². The Morgan fingerprint density at radius 3 is 1.53 bits per heavy atom. The largest absolute Gasteiger partial charge is 0.387 e. The molecule has 0 aromatic heterocycles. The van der Waals surface area contributed by atoms with Gasteiger partial charge in [0.15, 0.2) is 0 Å². The second kappa shape index (κ2) is 2.85. The fourth-order valence-corrected chi connectivity index (χ4v) is 1.32. The van der Waals surface area contributed by atoms with Gasteiger partial charge >= 0.3 is 0 Å². The van der Waals surface area contributed by atoms with Gasteiger partial charge in [0.2, 0.25) is 5.79 Å². The lowest BCUT2D eigenvalue weighted by Gasteiger charge is -2.53. The Hall–Kier alpha value is -0.360. The van der Waals surface area contributed by atoms with Crippen LogP contribution in [0.25, 0.3) is 0 Å². The Labute approximate surface area is 82.7 Å². The molecule has 0 radical (unpaired) electrons. The van der Waals surface area contributed by atoms with Crippen LogP contribution in [0.15, 0.2) is 0 Å². The number of hydrogen-bond donors (Lipinski definition) is 9. The van der Waals surface area contributed by atoms with E-state index in [0.717, 1.165) is 0 Å². The molecule has 0 heterocycles. The molecule has 1 aliphatic rings. The van der Waals surface area contributed by atoms with Crippen molar-refractivity contribution < 1.29 is 46.0 Å². The lowest BCUT2D eigenvalue weighted by Crippen LogP contribution is -2.83. The van der Waals surface area contributed by atoms with E-state index in [-0.39, 0.29) is 0 Å². The lowest BCUT2D eigenvalue weighted by molar-refractivity contribution is -0.539. The molecule has 90 valence electrons. The van der Waals surface area contributed by atoms with E-state index in [0.29, 0.717) is 0 Å². The van der Waals surface area contributed by atoms with Crippen LogP contribution in [0.4, 0.5) is 0 Å². The van der Waals surface area contributed by atoms with E-state index in [2.05, 4.69) is 0 Å². The lowest BCUT2D eigenvalue weighted by atomic mass is 9.76. The molecule has 9 N–H and O–H groups in total. The van der Waals surface area contributed by atoms with Crippen LogP contribution < -0.4 is 0 Å². The Morgan fingerprint density at radius 2 is 1.13 bits per heavy atom. The maximum Gasteiger partial charge on any atom is 0.282 e. The molecule has 9 heteroatoms. The van der Waals surface area contributed by atoms with Crippen molar-refractivity contribution in [2.45, 2.75) is 35.7 Å². The zero-order valence-corrected chi connectivity index (χ0v) is 7.31. The SMILES string of the molecule is OC1CC(O)(O)C(O)(O)C(O)(O)C1(O)O. The van der Waals surface area contributed by atoms with Crippen LogP contribution in [0.2, 0.25) is 0 Å². The van der Waals surface area contributed by atoms with Gasteiger partial charge in [0.1, 0.15) is 6.10 Å². The predicted octanol–water partition coefficient (Wildman–Crippen LogP) is -5.53. The Kier molecular flexibility index (Phi) is 2.42. The van der Waals surface area contributed by atoms with Crippen molar-refractivity contribution in [3.05, 3.63) is 0 Å². The minimum absolute atomic E-state index is 1.31. The summed E-state index contributed by atoms with van der Waals surface area (Å²) in [4.78, 5) is 0. The van der Waals surface area contributed by atoms with E-state index in [1.54, 1.807) is 0 Å². The average molecular weight is 228 g/mol. The van der Waals surface area contributed by atoms with Crippen LogP contribution in [-0.2, 0) is 0 Å². The maximum absolute atomic E-state index is 9.01. The first kappa shape index (κ1) is 12.7. The van der Waals surface area contributed by atoms with Crippen LogP contribution in [0, 0.1) is 0 Å².